The number of carbonyl (C=O) groups excluding carboxylic acids is 1. The Morgan fingerprint density at radius 1 is 1.40 bits per heavy atom. The highest BCUT2D eigenvalue weighted by atomic mass is 16.5. The summed E-state index contributed by atoms with van der Waals surface area (Å²) in [6.45, 7) is 1.86. The second-order valence-corrected chi connectivity index (χ2v) is 4.29. The van der Waals surface area contributed by atoms with Gasteiger partial charge in [0.2, 0.25) is 0 Å². The van der Waals surface area contributed by atoms with Gasteiger partial charge in [-0.1, -0.05) is 12.1 Å². The zero-order valence-electron chi connectivity index (χ0n) is 11.0. The lowest BCUT2D eigenvalue weighted by Gasteiger charge is -2.07. The highest BCUT2D eigenvalue weighted by molar-refractivity contribution is 5.91. The number of rotatable bonds is 3. The summed E-state index contributed by atoms with van der Waals surface area (Å²) in [4.78, 5) is 16.0. The molecule has 1 heterocycles. The van der Waals surface area contributed by atoms with Crippen molar-refractivity contribution in [2.45, 2.75) is 13.5 Å². The number of aryl methyl sites for hydroxylation is 1. The van der Waals surface area contributed by atoms with Gasteiger partial charge in [-0.2, -0.15) is 5.26 Å². The number of nitrogens with two attached hydrogens (primary N) is 1. The molecule has 5 nitrogen and oxygen atoms in total. The predicted molar refractivity (Wildman–Crippen MR) is 73.7 cm³/mol. The Kier molecular flexibility index (Phi) is 3.96. The Hall–Kier alpha value is -2.87. The molecule has 0 aliphatic carbocycles. The number of anilines is 1. The van der Waals surface area contributed by atoms with Crippen molar-refractivity contribution < 1.29 is 9.53 Å². The van der Waals surface area contributed by atoms with Crippen molar-refractivity contribution >= 4 is 11.7 Å². The quantitative estimate of drug-likeness (QED) is 0.861. The summed E-state index contributed by atoms with van der Waals surface area (Å²) in [5, 5.41) is 8.70. The van der Waals surface area contributed by atoms with E-state index in [2.05, 4.69) is 4.98 Å². The summed E-state index contributed by atoms with van der Waals surface area (Å²) in [6, 6.07) is 10.4. The van der Waals surface area contributed by atoms with Crippen molar-refractivity contribution in [3.05, 3.63) is 58.9 Å². The van der Waals surface area contributed by atoms with E-state index in [1.807, 2.05) is 6.07 Å². The van der Waals surface area contributed by atoms with E-state index in [0.717, 1.165) is 5.56 Å². The van der Waals surface area contributed by atoms with E-state index < -0.39 is 5.97 Å². The maximum Gasteiger partial charge on any atom is 0.340 e. The summed E-state index contributed by atoms with van der Waals surface area (Å²) in [7, 11) is 0. The average molecular weight is 267 g/mol. The van der Waals surface area contributed by atoms with Crippen molar-refractivity contribution in [3.63, 3.8) is 0 Å². The van der Waals surface area contributed by atoms with E-state index in [-0.39, 0.29) is 6.61 Å². The normalized spacial score (nSPS) is 9.80. The minimum absolute atomic E-state index is 0.138. The van der Waals surface area contributed by atoms with Crippen LogP contribution in [0.15, 0.2) is 36.5 Å². The van der Waals surface area contributed by atoms with Crippen LogP contribution in [0.5, 0.6) is 0 Å². The second kappa shape index (κ2) is 5.85. The van der Waals surface area contributed by atoms with Crippen LogP contribution in [0.4, 0.5) is 5.69 Å². The van der Waals surface area contributed by atoms with Crippen LogP contribution in [0.1, 0.15) is 27.2 Å². The van der Waals surface area contributed by atoms with Crippen LogP contribution in [-0.2, 0) is 11.3 Å². The molecule has 0 radical (unpaired) electrons. The molecule has 0 saturated heterocycles. The van der Waals surface area contributed by atoms with Crippen molar-refractivity contribution in [1.29, 1.82) is 5.26 Å². The first-order valence-corrected chi connectivity index (χ1v) is 5.98. The zero-order valence-corrected chi connectivity index (χ0v) is 11.0. The lowest BCUT2D eigenvalue weighted by molar-refractivity contribution is 0.0471. The van der Waals surface area contributed by atoms with Crippen molar-refractivity contribution in [2.24, 2.45) is 0 Å². The van der Waals surface area contributed by atoms with Crippen LogP contribution in [0, 0.1) is 18.3 Å². The van der Waals surface area contributed by atoms with E-state index in [0.29, 0.717) is 22.5 Å². The highest BCUT2D eigenvalue weighted by Crippen LogP contribution is 2.12. The Balaban J connectivity index is 2.04. The number of carbonyl (C=O) groups is 1. The first kappa shape index (κ1) is 13.6. The smallest absolute Gasteiger partial charge is 0.340 e. The van der Waals surface area contributed by atoms with E-state index in [9.17, 15) is 4.79 Å². The number of aromatic nitrogens is 1. The maximum atomic E-state index is 11.9. The molecule has 0 unspecified atom stereocenters. The van der Waals surface area contributed by atoms with Gasteiger partial charge in [-0.05, 0) is 30.7 Å². The lowest BCUT2D eigenvalue weighted by Crippen LogP contribution is -2.09. The molecule has 2 rings (SSSR count). The average Bonchev–Trinajstić information content (AvgIpc) is 2.47. The van der Waals surface area contributed by atoms with Gasteiger partial charge in [0.15, 0.2) is 0 Å². The third-order valence-corrected chi connectivity index (χ3v) is 2.78. The third-order valence-electron chi connectivity index (χ3n) is 2.78. The summed E-state index contributed by atoms with van der Waals surface area (Å²) < 4.78 is 5.21. The van der Waals surface area contributed by atoms with Crippen LogP contribution in [-0.4, -0.2) is 11.0 Å². The Morgan fingerprint density at radius 2 is 2.10 bits per heavy atom. The van der Waals surface area contributed by atoms with Gasteiger partial charge < -0.3 is 10.5 Å². The molecule has 0 bridgehead atoms. The number of nitrogen functional groups attached to an aromatic ring is 1. The van der Waals surface area contributed by atoms with Gasteiger partial charge in [0.05, 0.1) is 34.8 Å². The number of ether oxygens (including phenoxy) is 1. The molecule has 1 aromatic carbocycles. The van der Waals surface area contributed by atoms with Crippen molar-refractivity contribution in [2.75, 3.05) is 5.73 Å². The predicted octanol–water partition coefficient (Wildman–Crippen LogP) is 2.20. The topological polar surface area (TPSA) is 89.0 Å². The molecule has 0 aliphatic heterocycles. The van der Waals surface area contributed by atoms with E-state index in [4.69, 9.17) is 15.7 Å². The number of hydrogen-bond donors (Lipinski definition) is 1. The van der Waals surface area contributed by atoms with Crippen molar-refractivity contribution in [1.82, 2.24) is 4.98 Å². The van der Waals surface area contributed by atoms with Gasteiger partial charge in [-0.25, -0.2) is 4.79 Å². The minimum Gasteiger partial charge on any atom is -0.457 e. The standard InChI is InChI=1S/C15H13N3O2/c1-10-14(6-13(17)8-18-10)15(19)20-9-12-4-2-11(7-16)3-5-12/h2-6,8H,9,17H2,1H3. The van der Waals surface area contributed by atoms with E-state index in [1.54, 1.807) is 37.3 Å². The number of benzene rings is 1. The molecule has 100 valence electrons. The molecule has 0 spiro atoms. The number of nitrogens with zero attached hydrogens (tertiary/aromatic N) is 2. The monoisotopic (exact) mass is 267 g/mol. The number of pyridine rings is 1. The molecule has 20 heavy (non-hydrogen) atoms. The zero-order chi connectivity index (χ0) is 14.5. The number of hydrogen-bond acceptors (Lipinski definition) is 5. The molecule has 0 fully saturated rings. The van der Waals surface area contributed by atoms with E-state index >= 15 is 0 Å². The molecule has 0 atom stereocenters. The van der Waals surface area contributed by atoms with Crippen LogP contribution in [0.25, 0.3) is 0 Å². The largest absolute Gasteiger partial charge is 0.457 e. The van der Waals surface area contributed by atoms with E-state index in [1.165, 1.54) is 6.20 Å². The molecule has 0 amide bonds. The van der Waals surface area contributed by atoms with Gasteiger partial charge >= 0.3 is 5.97 Å². The Bertz CT molecular complexity index is 673. The van der Waals surface area contributed by atoms with Gasteiger partial charge in [-0.15, -0.1) is 0 Å². The van der Waals surface area contributed by atoms with Crippen LogP contribution < -0.4 is 5.73 Å². The van der Waals surface area contributed by atoms with Crippen LogP contribution in [0.2, 0.25) is 0 Å². The molecular formula is C15H13N3O2. The Morgan fingerprint density at radius 3 is 2.75 bits per heavy atom. The molecular weight excluding hydrogens is 254 g/mol. The fraction of sp³-hybridized carbons (Fsp3) is 0.133. The summed E-state index contributed by atoms with van der Waals surface area (Å²) >= 11 is 0. The third kappa shape index (κ3) is 3.12. The van der Waals surface area contributed by atoms with Gasteiger partial charge in [0.1, 0.15) is 6.61 Å². The molecule has 2 N–H and O–H groups in total. The molecule has 1 aromatic heterocycles. The van der Waals surface area contributed by atoms with Crippen LogP contribution in [0.3, 0.4) is 0 Å². The maximum absolute atomic E-state index is 11.9. The van der Waals surface area contributed by atoms with Crippen molar-refractivity contribution in [3.8, 4) is 6.07 Å². The summed E-state index contributed by atoms with van der Waals surface area (Å²) in [5.74, 6) is -0.466. The van der Waals surface area contributed by atoms with Gasteiger partial charge in [0.25, 0.3) is 0 Å². The molecule has 5 heteroatoms. The van der Waals surface area contributed by atoms with Gasteiger partial charge in [-0.3, -0.25) is 4.98 Å². The SMILES string of the molecule is Cc1ncc(N)cc1C(=O)OCc1ccc(C#N)cc1. The number of nitriles is 1. The first-order chi connectivity index (χ1) is 9.60. The fourth-order valence-electron chi connectivity index (χ4n) is 1.66. The minimum atomic E-state index is -0.466. The fourth-order valence-corrected chi connectivity index (χ4v) is 1.66. The Labute approximate surface area is 116 Å². The van der Waals surface area contributed by atoms with Gasteiger partial charge in [0, 0.05) is 0 Å². The first-order valence-electron chi connectivity index (χ1n) is 5.98. The summed E-state index contributed by atoms with van der Waals surface area (Å²) in [6.07, 6.45) is 1.49. The second-order valence-electron chi connectivity index (χ2n) is 4.29. The summed E-state index contributed by atoms with van der Waals surface area (Å²) in [5.41, 5.74) is 8.33. The molecule has 0 saturated carbocycles. The molecule has 0 aliphatic rings. The van der Waals surface area contributed by atoms with Crippen LogP contribution >= 0.6 is 0 Å². The highest BCUT2D eigenvalue weighted by Gasteiger charge is 2.12. The number of esters is 1. The lowest BCUT2D eigenvalue weighted by atomic mass is 10.1. The molecule has 2 aromatic rings.